The number of aromatic nitrogens is 3. The Hall–Kier alpha value is -3.14. The highest BCUT2D eigenvalue weighted by molar-refractivity contribution is 7.89. The molecule has 0 aliphatic heterocycles. The van der Waals surface area contributed by atoms with E-state index in [1.807, 2.05) is 0 Å². The number of benzene rings is 1. The number of nitrogens with zero attached hydrogens (tertiary/aromatic N) is 3. The van der Waals surface area contributed by atoms with E-state index < -0.39 is 15.9 Å². The molecular weight excluding hydrogens is 360 g/mol. The molecule has 0 bridgehead atoms. The Morgan fingerprint density at radius 1 is 1.27 bits per heavy atom. The number of carbonyl (C=O) groups is 1. The largest absolute Gasteiger partial charge is 0.497 e. The maximum atomic E-state index is 12.6. The van der Waals surface area contributed by atoms with Gasteiger partial charge in [-0.25, -0.2) is 4.98 Å². The third-order valence-corrected chi connectivity index (χ3v) is 5.04. The predicted molar refractivity (Wildman–Crippen MR) is 90.2 cm³/mol. The van der Waals surface area contributed by atoms with Gasteiger partial charge >= 0.3 is 0 Å². The van der Waals surface area contributed by atoms with Crippen LogP contribution in [0.25, 0.3) is 0 Å². The molecule has 0 radical (unpaired) electrons. The molecule has 1 N–H and O–H groups in total. The van der Waals surface area contributed by atoms with Crippen LogP contribution in [0, 0.1) is 6.92 Å². The summed E-state index contributed by atoms with van der Waals surface area (Å²) < 4.78 is 36.1. The van der Waals surface area contributed by atoms with Crippen LogP contribution in [0.3, 0.4) is 0 Å². The second-order valence-corrected chi connectivity index (χ2v) is 7.10. The molecule has 0 aliphatic carbocycles. The summed E-state index contributed by atoms with van der Waals surface area (Å²) in [4.78, 5) is 16.1. The van der Waals surface area contributed by atoms with Crippen molar-refractivity contribution in [1.82, 2.24) is 19.5 Å². The van der Waals surface area contributed by atoms with Gasteiger partial charge in [0, 0.05) is 6.20 Å². The number of aryl methyl sites for hydroxylation is 1. The molecule has 3 aromatic rings. The molecule has 0 saturated heterocycles. The molecule has 3 rings (SSSR count). The molecule has 0 aliphatic rings. The van der Waals surface area contributed by atoms with Gasteiger partial charge in [-0.15, -0.1) is 0 Å². The summed E-state index contributed by atoms with van der Waals surface area (Å²) in [5, 5.41) is 6.42. The van der Waals surface area contributed by atoms with Gasteiger partial charge in [-0.2, -0.15) is 17.6 Å². The van der Waals surface area contributed by atoms with Crippen LogP contribution < -0.4 is 10.1 Å². The Morgan fingerprint density at radius 2 is 2.00 bits per heavy atom. The minimum atomic E-state index is -3.90. The number of carbonyl (C=O) groups excluding carboxylic acids is 1. The van der Waals surface area contributed by atoms with Gasteiger partial charge in [-0.1, -0.05) is 0 Å². The number of amides is 1. The molecular formula is C16H16N4O5S. The predicted octanol–water partition coefficient (Wildman–Crippen LogP) is 1.36. The maximum Gasteiger partial charge on any atom is 0.282 e. The lowest BCUT2D eigenvalue weighted by molar-refractivity contribution is 0.0942. The smallest absolute Gasteiger partial charge is 0.282 e. The standard InChI is InChI=1S/C16H16N4O5S/c1-11-9-17-15(25-11)10-18-16(21)14-7-8-20(19-14)26(22,23)13-5-3-12(24-2)4-6-13/h3-9H,10H2,1-2H3,(H,18,21). The zero-order chi connectivity index (χ0) is 18.7. The van der Waals surface area contributed by atoms with Gasteiger partial charge in [0.25, 0.3) is 15.9 Å². The number of rotatable bonds is 6. The summed E-state index contributed by atoms with van der Waals surface area (Å²) in [7, 11) is -2.41. The first-order chi connectivity index (χ1) is 12.4. The van der Waals surface area contributed by atoms with Crippen molar-refractivity contribution < 1.29 is 22.4 Å². The fourth-order valence-electron chi connectivity index (χ4n) is 2.15. The highest BCUT2D eigenvalue weighted by atomic mass is 32.2. The van der Waals surface area contributed by atoms with Gasteiger partial charge in [0.2, 0.25) is 5.89 Å². The van der Waals surface area contributed by atoms with Crippen molar-refractivity contribution in [2.24, 2.45) is 0 Å². The van der Waals surface area contributed by atoms with E-state index in [1.54, 1.807) is 6.92 Å². The summed E-state index contributed by atoms with van der Waals surface area (Å²) in [5.74, 6) is 0.973. The Labute approximate surface area is 149 Å². The van der Waals surface area contributed by atoms with Gasteiger partial charge in [-0.05, 0) is 37.3 Å². The fraction of sp³-hybridized carbons (Fsp3) is 0.188. The van der Waals surface area contributed by atoms with Crippen LogP contribution in [0.4, 0.5) is 0 Å². The van der Waals surface area contributed by atoms with E-state index in [2.05, 4.69) is 15.4 Å². The van der Waals surface area contributed by atoms with Crippen LogP contribution in [0.2, 0.25) is 0 Å². The number of hydrogen-bond acceptors (Lipinski definition) is 7. The Bertz CT molecular complexity index is 1020. The van der Waals surface area contributed by atoms with E-state index in [0.717, 1.165) is 4.09 Å². The number of hydrogen-bond donors (Lipinski definition) is 1. The lowest BCUT2D eigenvalue weighted by Crippen LogP contribution is -2.24. The average Bonchev–Trinajstić information content (AvgIpc) is 3.29. The zero-order valence-corrected chi connectivity index (χ0v) is 14.9. The minimum Gasteiger partial charge on any atom is -0.497 e. The molecule has 1 amide bonds. The molecule has 2 aromatic heterocycles. The number of nitrogens with one attached hydrogen (secondary N) is 1. The first-order valence-corrected chi connectivity index (χ1v) is 8.99. The van der Waals surface area contributed by atoms with Crippen molar-refractivity contribution in [2.75, 3.05) is 7.11 Å². The molecule has 2 heterocycles. The summed E-state index contributed by atoms with van der Waals surface area (Å²) in [6, 6.07) is 7.18. The summed E-state index contributed by atoms with van der Waals surface area (Å²) in [5.41, 5.74) is -0.0367. The first-order valence-electron chi connectivity index (χ1n) is 7.55. The third kappa shape index (κ3) is 3.59. The Morgan fingerprint density at radius 3 is 2.62 bits per heavy atom. The van der Waals surface area contributed by atoms with Crippen LogP contribution in [-0.4, -0.2) is 35.6 Å². The normalized spacial score (nSPS) is 11.3. The van der Waals surface area contributed by atoms with Crippen molar-refractivity contribution in [3.05, 3.63) is 60.1 Å². The van der Waals surface area contributed by atoms with Gasteiger partial charge in [0.15, 0.2) is 5.69 Å². The van der Waals surface area contributed by atoms with E-state index in [1.165, 1.54) is 49.8 Å². The first kappa shape index (κ1) is 17.7. The van der Waals surface area contributed by atoms with E-state index in [-0.39, 0.29) is 17.1 Å². The van der Waals surface area contributed by atoms with Crippen LogP contribution >= 0.6 is 0 Å². The third-order valence-electron chi connectivity index (χ3n) is 3.47. The maximum absolute atomic E-state index is 12.6. The van der Waals surface area contributed by atoms with E-state index >= 15 is 0 Å². The highest BCUT2D eigenvalue weighted by Gasteiger charge is 2.20. The minimum absolute atomic E-state index is 0.0311. The molecule has 26 heavy (non-hydrogen) atoms. The number of methoxy groups -OCH3 is 1. The fourth-order valence-corrected chi connectivity index (χ4v) is 3.26. The lowest BCUT2D eigenvalue weighted by atomic mass is 10.3. The van der Waals surface area contributed by atoms with Crippen molar-refractivity contribution in [2.45, 2.75) is 18.4 Å². The average molecular weight is 376 g/mol. The van der Waals surface area contributed by atoms with Crippen LogP contribution in [-0.2, 0) is 16.6 Å². The molecule has 1 aromatic carbocycles. The van der Waals surface area contributed by atoms with Crippen molar-refractivity contribution in [3.63, 3.8) is 0 Å². The molecule has 0 saturated carbocycles. The van der Waals surface area contributed by atoms with Gasteiger partial charge in [0.05, 0.1) is 24.7 Å². The molecule has 0 spiro atoms. The van der Waals surface area contributed by atoms with Crippen LogP contribution in [0.15, 0.2) is 52.0 Å². The molecule has 0 unspecified atom stereocenters. The van der Waals surface area contributed by atoms with Crippen LogP contribution in [0.1, 0.15) is 22.1 Å². The lowest BCUT2D eigenvalue weighted by Gasteiger charge is -2.05. The monoisotopic (exact) mass is 376 g/mol. The van der Waals surface area contributed by atoms with Crippen LogP contribution in [0.5, 0.6) is 5.75 Å². The van der Waals surface area contributed by atoms with Gasteiger partial charge in [0.1, 0.15) is 11.5 Å². The van der Waals surface area contributed by atoms with Gasteiger partial charge < -0.3 is 14.5 Å². The van der Waals surface area contributed by atoms with Gasteiger partial charge in [-0.3, -0.25) is 4.79 Å². The van der Waals surface area contributed by atoms with E-state index in [0.29, 0.717) is 17.4 Å². The number of oxazole rings is 1. The molecule has 136 valence electrons. The molecule has 10 heteroatoms. The van der Waals surface area contributed by atoms with E-state index in [4.69, 9.17) is 9.15 Å². The number of ether oxygens (including phenoxy) is 1. The summed E-state index contributed by atoms with van der Waals surface area (Å²) >= 11 is 0. The van der Waals surface area contributed by atoms with Crippen molar-refractivity contribution in [3.8, 4) is 5.75 Å². The molecule has 9 nitrogen and oxygen atoms in total. The van der Waals surface area contributed by atoms with Crippen molar-refractivity contribution >= 4 is 15.9 Å². The second-order valence-electron chi connectivity index (χ2n) is 5.30. The summed E-state index contributed by atoms with van der Waals surface area (Å²) in [6.45, 7) is 1.81. The summed E-state index contributed by atoms with van der Waals surface area (Å²) in [6.07, 6.45) is 2.75. The Kier molecular flexibility index (Phi) is 4.76. The van der Waals surface area contributed by atoms with Crippen molar-refractivity contribution in [1.29, 1.82) is 0 Å². The molecule has 0 fully saturated rings. The SMILES string of the molecule is COc1ccc(S(=O)(=O)n2ccc(C(=O)NCc3ncc(C)o3)n2)cc1. The van der Waals surface area contributed by atoms with E-state index in [9.17, 15) is 13.2 Å². The Balaban J connectivity index is 1.74. The quantitative estimate of drug-likeness (QED) is 0.690. The topological polar surface area (TPSA) is 116 Å². The zero-order valence-electron chi connectivity index (χ0n) is 14.0. The molecule has 0 atom stereocenters. The highest BCUT2D eigenvalue weighted by Crippen LogP contribution is 2.17. The second kappa shape index (κ2) is 7.00.